The molecule has 112 valence electrons. The molecule has 0 fully saturated rings. The highest BCUT2D eigenvalue weighted by atomic mass is 16.8. The highest BCUT2D eigenvalue weighted by Crippen LogP contribution is 2.18. The second kappa shape index (κ2) is 6.07. The molecule has 0 aliphatic heterocycles. The summed E-state index contributed by atoms with van der Waals surface area (Å²) >= 11 is 0. The second-order valence-corrected chi connectivity index (χ2v) is 2.78. The van der Waals surface area contributed by atoms with Gasteiger partial charge >= 0.3 is 18.1 Å². The van der Waals surface area contributed by atoms with E-state index in [9.17, 15) is 39.9 Å². The summed E-state index contributed by atoms with van der Waals surface area (Å²) in [5.41, 5.74) is 1.17. The van der Waals surface area contributed by atoms with Gasteiger partial charge in [-0.1, -0.05) is 0 Å². The summed E-state index contributed by atoms with van der Waals surface area (Å²) in [4.78, 5) is 48.3. The Hall–Kier alpha value is -3.26. The van der Waals surface area contributed by atoms with Crippen molar-refractivity contribution in [3.63, 3.8) is 0 Å². The Balaban J connectivity index is 6.06. The second-order valence-electron chi connectivity index (χ2n) is 2.78. The summed E-state index contributed by atoms with van der Waals surface area (Å²) in [5.74, 6) is -4.42. The van der Waals surface area contributed by atoms with Crippen LogP contribution in [0.3, 0.4) is 0 Å². The summed E-state index contributed by atoms with van der Waals surface area (Å²) in [6, 6.07) is 0. The van der Waals surface area contributed by atoms with Crippen LogP contribution < -0.4 is 5.43 Å². The number of nitrogens with zero attached hydrogens (tertiary/aromatic N) is 4. The molecule has 0 bridgehead atoms. The van der Waals surface area contributed by atoms with Crippen LogP contribution in [-0.4, -0.2) is 52.1 Å². The van der Waals surface area contributed by atoms with Crippen molar-refractivity contribution in [2.24, 2.45) is 0 Å². The molecule has 0 saturated heterocycles. The molecule has 15 nitrogen and oxygen atoms in total. The van der Waals surface area contributed by atoms with E-state index in [-0.39, 0.29) is 0 Å². The Morgan fingerprint density at radius 2 is 1.40 bits per heavy atom. The number of nitro groups is 3. The first kappa shape index (κ1) is 16.7. The number of amides is 2. The van der Waals surface area contributed by atoms with Crippen LogP contribution in [0.2, 0.25) is 0 Å². The minimum Gasteiger partial charge on any atom is -0.452 e. The fourth-order valence-electron chi connectivity index (χ4n) is 0.916. The van der Waals surface area contributed by atoms with E-state index in [1.54, 1.807) is 0 Å². The van der Waals surface area contributed by atoms with Gasteiger partial charge in [-0.15, -0.1) is 0 Å². The number of hydrazine groups is 1. The molecule has 0 aromatic rings. The maximum atomic E-state index is 11.2. The molecule has 15 heteroatoms. The quantitative estimate of drug-likeness (QED) is 0.372. The summed E-state index contributed by atoms with van der Waals surface area (Å²) < 4.78 is 7.86. The lowest BCUT2D eigenvalue weighted by atomic mass is 10.6. The predicted molar refractivity (Wildman–Crippen MR) is 53.5 cm³/mol. The molecule has 1 N–H and O–H groups in total. The Bertz CT molecular complexity index is 425. The molecule has 0 saturated carbocycles. The van der Waals surface area contributed by atoms with Crippen LogP contribution in [0.1, 0.15) is 0 Å². The van der Waals surface area contributed by atoms with Crippen LogP contribution in [0.5, 0.6) is 0 Å². The molecule has 0 heterocycles. The molecular formula is C5H7N5O10. The maximum absolute atomic E-state index is 11.2. The molecule has 0 aromatic heterocycles. The van der Waals surface area contributed by atoms with E-state index in [1.165, 1.54) is 5.43 Å². The third kappa shape index (κ3) is 2.60. The molecule has 0 aromatic carbocycles. The number of ether oxygens (including phenoxy) is 2. The van der Waals surface area contributed by atoms with E-state index in [0.29, 0.717) is 7.11 Å². The van der Waals surface area contributed by atoms with Gasteiger partial charge in [0.15, 0.2) is 0 Å². The monoisotopic (exact) mass is 297 g/mol. The minimum atomic E-state index is -4.42. The van der Waals surface area contributed by atoms with Gasteiger partial charge in [0.1, 0.15) is 0 Å². The molecule has 0 aliphatic rings. The fraction of sp³-hybridized carbons (Fsp3) is 0.600. The number of hydrogen-bond donors (Lipinski definition) is 1. The van der Waals surface area contributed by atoms with Gasteiger partial charge in [-0.2, -0.15) is 0 Å². The minimum absolute atomic E-state index is 0.624. The van der Waals surface area contributed by atoms with Crippen molar-refractivity contribution >= 4 is 12.2 Å². The molecule has 0 unspecified atom stereocenters. The highest BCUT2D eigenvalue weighted by molar-refractivity contribution is 5.73. The van der Waals surface area contributed by atoms with Crippen molar-refractivity contribution in [3.05, 3.63) is 30.3 Å². The lowest BCUT2D eigenvalue weighted by Crippen LogP contribution is -2.71. The molecule has 2 amide bonds. The number of carbonyl (C=O) groups is 2. The molecule has 0 atom stereocenters. The zero-order valence-electron chi connectivity index (χ0n) is 9.87. The maximum Gasteiger partial charge on any atom is 0.824 e. The lowest BCUT2D eigenvalue weighted by Gasteiger charge is -2.20. The number of hydrogen-bond acceptors (Lipinski definition) is 10. The summed E-state index contributed by atoms with van der Waals surface area (Å²) in [6.45, 7) is 0. The van der Waals surface area contributed by atoms with E-state index in [4.69, 9.17) is 0 Å². The normalized spacial score (nSPS) is 10.1. The third-order valence-electron chi connectivity index (χ3n) is 1.78. The fourth-order valence-corrected chi connectivity index (χ4v) is 0.916. The highest BCUT2D eigenvalue weighted by Gasteiger charge is 2.80. The molecule has 0 spiro atoms. The van der Waals surface area contributed by atoms with Crippen molar-refractivity contribution in [1.29, 1.82) is 0 Å². The summed E-state index contributed by atoms with van der Waals surface area (Å²) in [6.07, 6.45) is -3.54. The van der Waals surface area contributed by atoms with Gasteiger partial charge in [-0.25, -0.2) is 15.0 Å². The Kier molecular flexibility index (Phi) is 5.08. The van der Waals surface area contributed by atoms with Gasteiger partial charge in [-0.05, 0) is 5.01 Å². The van der Waals surface area contributed by atoms with Gasteiger partial charge in [0.25, 0.3) is 0 Å². The molecule has 0 aliphatic carbocycles. The summed E-state index contributed by atoms with van der Waals surface area (Å²) in [7, 11) is 1.37. The van der Waals surface area contributed by atoms with Crippen LogP contribution in [0, 0.1) is 30.3 Å². The van der Waals surface area contributed by atoms with Gasteiger partial charge < -0.3 is 9.47 Å². The van der Waals surface area contributed by atoms with Gasteiger partial charge in [0.2, 0.25) is 14.8 Å². The first-order chi connectivity index (χ1) is 9.15. The predicted octanol–water partition coefficient (Wildman–Crippen LogP) is -1.23. The largest absolute Gasteiger partial charge is 0.824 e. The number of carbonyl (C=O) groups excluding carboxylic acids is 2. The Morgan fingerprint density at radius 1 is 1.00 bits per heavy atom. The van der Waals surface area contributed by atoms with Crippen molar-refractivity contribution in [1.82, 2.24) is 10.4 Å². The average molecular weight is 297 g/mol. The molecular weight excluding hydrogens is 290 g/mol. The average Bonchev–Trinajstić information content (AvgIpc) is 2.35. The van der Waals surface area contributed by atoms with E-state index >= 15 is 0 Å². The van der Waals surface area contributed by atoms with Crippen LogP contribution in [0.25, 0.3) is 0 Å². The van der Waals surface area contributed by atoms with Crippen LogP contribution in [0.4, 0.5) is 9.59 Å². The molecule has 0 radical (unpaired) electrons. The SMILES string of the molecule is COC(=O)NN(C(=O)OC)C([N+](=O)[O-])([N+](=O)[O-])[N+](=O)[O-]. The lowest BCUT2D eigenvalue weighted by molar-refractivity contribution is -0.994. The van der Waals surface area contributed by atoms with Crippen LogP contribution in [0.15, 0.2) is 0 Å². The first-order valence-electron chi connectivity index (χ1n) is 4.32. The van der Waals surface area contributed by atoms with E-state index < -0.39 is 37.9 Å². The zero-order chi connectivity index (χ0) is 16.1. The number of nitrogens with one attached hydrogen (secondary N) is 1. The van der Waals surface area contributed by atoms with Crippen molar-refractivity contribution in [3.8, 4) is 0 Å². The smallest absolute Gasteiger partial charge is 0.452 e. The van der Waals surface area contributed by atoms with E-state index in [2.05, 4.69) is 9.47 Å². The molecule has 20 heavy (non-hydrogen) atoms. The molecule has 0 rings (SSSR count). The Labute approximate surface area is 108 Å². The third-order valence-corrected chi connectivity index (χ3v) is 1.78. The van der Waals surface area contributed by atoms with Gasteiger partial charge in [0.05, 0.1) is 14.2 Å². The summed E-state index contributed by atoms with van der Waals surface area (Å²) in [5, 5.41) is 31.3. The van der Waals surface area contributed by atoms with Crippen LogP contribution >= 0.6 is 0 Å². The Morgan fingerprint density at radius 3 is 1.65 bits per heavy atom. The zero-order valence-corrected chi connectivity index (χ0v) is 9.87. The van der Waals surface area contributed by atoms with Crippen molar-refractivity contribution in [2.45, 2.75) is 5.91 Å². The van der Waals surface area contributed by atoms with E-state index in [1.807, 2.05) is 0 Å². The van der Waals surface area contributed by atoms with Crippen LogP contribution in [-0.2, 0) is 9.47 Å². The van der Waals surface area contributed by atoms with Crippen molar-refractivity contribution < 1.29 is 33.8 Å². The topological polar surface area (TPSA) is 197 Å². The standard InChI is InChI=1S/C5H7N5O10/c1-19-3(11)6-7(4(12)20-2)5(8(13)14,9(15)16)10(17)18/h1-2H3,(H,6,11). The van der Waals surface area contributed by atoms with E-state index in [0.717, 1.165) is 7.11 Å². The number of methoxy groups -OCH3 is 2. The van der Waals surface area contributed by atoms with Crippen molar-refractivity contribution in [2.75, 3.05) is 14.2 Å². The van der Waals surface area contributed by atoms with Gasteiger partial charge in [-0.3, -0.25) is 30.3 Å². The number of rotatable bonds is 4. The first-order valence-corrected chi connectivity index (χ1v) is 4.32. The van der Waals surface area contributed by atoms with Gasteiger partial charge in [0, 0.05) is 0 Å².